The summed E-state index contributed by atoms with van der Waals surface area (Å²) in [6.07, 6.45) is 0.171. The summed E-state index contributed by atoms with van der Waals surface area (Å²) in [4.78, 5) is 29.2. The van der Waals surface area contributed by atoms with Crippen molar-refractivity contribution < 1.29 is 27.7 Å². The Hall–Kier alpha value is -2.39. The van der Waals surface area contributed by atoms with Crippen molar-refractivity contribution >= 4 is 41.5 Å². The number of nitrogens with zero attached hydrogens (tertiary/aromatic N) is 3. The Morgan fingerprint density at radius 2 is 1.97 bits per heavy atom. The van der Waals surface area contributed by atoms with Crippen LogP contribution in [0.5, 0.6) is 0 Å². The third-order valence-electron chi connectivity index (χ3n) is 7.08. The first-order valence-corrected chi connectivity index (χ1v) is 17.4. The standard InChI is InChI=1S/C23H34N4O7S2Si/c1-22(2,3)37(5,6)34-19-12-23(26(14-19)21(28)29,11-16-7-9-18(10-8-16)27(30)31)20-25-17(15-35-20)13-24-36(4,32)33/h7-10,15,19,24H,11-14H2,1-6H3,(H,28,29)/t19-,23+/m1/s1. The molecule has 1 aromatic heterocycles. The number of nitro groups is 1. The Morgan fingerprint density at radius 1 is 1.35 bits per heavy atom. The van der Waals surface area contributed by atoms with E-state index in [0.29, 0.717) is 17.1 Å². The van der Waals surface area contributed by atoms with Gasteiger partial charge in [0.05, 0.1) is 36.1 Å². The van der Waals surface area contributed by atoms with E-state index >= 15 is 0 Å². The summed E-state index contributed by atoms with van der Waals surface area (Å²) >= 11 is 1.27. The van der Waals surface area contributed by atoms with Crippen molar-refractivity contribution in [3.63, 3.8) is 0 Å². The van der Waals surface area contributed by atoms with E-state index in [4.69, 9.17) is 4.43 Å². The first-order chi connectivity index (χ1) is 16.9. The van der Waals surface area contributed by atoms with Crippen molar-refractivity contribution in [2.75, 3.05) is 12.8 Å². The van der Waals surface area contributed by atoms with E-state index in [2.05, 4.69) is 43.6 Å². The molecule has 14 heteroatoms. The lowest BCUT2D eigenvalue weighted by molar-refractivity contribution is -0.384. The van der Waals surface area contributed by atoms with Gasteiger partial charge in [-0.25, -0.2) is 22.9 Å². The zero-order valence-electron chi connectivity index (χ0n) is 21.8. The third-order valence-corrected chi connectivity index (χ3v) is 13.4. The SMILES string of the molecule is CC(C)(C)[Si](C)(C)O[C@H]1CN(C(=O)O)[C@](Cc2ccc([N+](=O)[O-])cc2)(c2nc(CNS(C)(=O)=O)cs2)C1. The number of aromatic nitrogens is 1. The van der Waals surface area contributed by atoms with Crippen LogP contribution < -0.4 is 4.72 Å². The summed E-state index contributed by atoms with van der Waals surface area (Å²) < 4.78 is 32.2. The number of hydrogen-bond donors (Lipinski definition) is 2. The van der Waals surface area contributed by atoms with Gasteiger partial charge < -0.3 is 9.53 Å². The number of nitro benzene ring substituents is 1. The van der Waals surface area contributed by atoms with E-state index in [1.807, 2.05) is 0 Å². The van der Waals surface area contributed by atoms with Crippen LogP contribution >= 0.6 is 11.3 Å². The highest BCUT2D eigenvalue weighted by Crippen LogP contribution is 2.47. The van der Waals surface area contributed by atoms with Gasteiger partial charge in [0, 0.05) is 30.4 Å². The monoisotopic (exact) mass is 570 g/mol. The number of carboxylic acid groups (broad SMARTS) is 1. The molecule has 1 amide bonds. The first kappa shape index (κ1) is 29.2. The van der Waals surface area contributed by atoms with E-state index in [1.54, 1.807) is 17.5 Å². The van der Waals surface area contributed by atoms with Crippen LogP contribution in [-0.2, 0) is 33.0 Å². The molecule has 11 nitrogen and oxygen atoms in total. The van der Waals surface area contributed by atoms with Gasteiger partial charge in [0.25, 0.3) is 5.69 Å². The molecule has 37 heavy (non-hydrogen) atoms. The van der Waals surface area contributed by atoms with Crippen LogP contribution in [0.4, 0.5) is 10.5 Å². The molecule has 0 bridgehead atoms. The lowest BCUT2D eigenvalue weighted by Crippen LogP contribution is -2.46. The van der Waals surface area contributed by atoms with E-state index < -0.39 is 34.9 Å². The molecule has 0 spiro atoms. The molecule has 2 aromatic rings. The normalized spacial score (nSPS) is 20.8. The molecule has 1 fully saturated rings. The fourth-order valence-corrected chi connectivity index (χ4v) is 6.98. The molecule has 2 atom stereocenters. The second kappa shape index (κ2) is 10.4. The maximum absolute atomic E-state index is 12.6. The molecule has 2 N–H and O–H groups in total. The number of benzene rings is 1. The summed E-state index contributed by atoms with van der Waals surface area (Å²) in [7, 11) is -5.66. The minimum Gasteiger partial charge on any atom is -0.465 e. The van der Waals surface area contributed by atoms with Crippen LogP contribution in [0.1, 0.15) is 43.5 Å². The zero-order valence-corrected chi connectivity index (χ0v) is 24.5. The lowest BCUT2D eigenvalue weighted by Gasteiger charge is -2.38. The molecule has 1 aliphatic heterocycles. The van der Waals surface area contributed by atoms with Crippen LogP contribution in [0.3, 0.4) is 0 Å². The van der Waals surface area contributed by atoms with Crippen molar-refractivity contribution in [1.29, 1.82) is 0 Å². The number of sulfonamides is 1. The van der Waals surface area contributed by atoms with Gasteiger partial charge in [0.15, 0.2) is 8.32 Å². The van der Waals surface area contributed by atoms with E-state index in [-0.39, 0.29) is 36.3 Å². The van der Waals surface area contributed by atoms with Gasteiger partial charge in [-0.15, -0.1) is 11.3 Å². The van der Waals surface area contributed by atoms with Gasteiger partial charge in [-0.3, -0.25) is 15.0 Å². The molecule has 0 radical (unpaired) electrons. The molecular weight excluding hydrogens is 536 g/mol. The number of likely N-dealkylation sites (tertiary alicyclic amines) is 1. The van der Waals surface area contributed by atoms with Gasteiger partial charge >= 0.3 is 6.09 Å². The average molecular weight is 571 g/mol. The van der Waals surface area contributed by atoms with Gasteiger partial charge in [0.2, 0.25) is 10.0 Å². The van der Waals surface area contributed by atoms with E-state index in [0.717, 1.165) is 11.8 Å². The van der Waals surface area contributed by atoms with Crippen molar-refractivity contribution in [2.45, 2.75) is 69.9 Å². The van der Waals surface area contributed by atoms with Crippen LogP contribution in [-0.4, -0.2) is 61.6 Å². The maximum atomic E-state index is 12.6. The topological polar surface area (TPSA) is 152 Å². The molecule has 0 aliphatic carbocycles. The Balaban J connectivity index is 2.04. The largest absolute Gasteiger partial charge is 0.465 e. The molecule has 204 valence electrons. The van der Waals surface area contributed by atoms with Gasteiger partial charge in [0.1, 0.15) is 10.5 Å². The number of hydrogen-bond acceptors (Lipinski definition) is 8. The second-order valence-corrected chi connectivity index (χ2v) is 18.4. The summed E-state index contributed by atoms with van der Waals surface area (Å²) in [5, 5.41) is 23.6. The van der Waals surface area contributed by atoms with Gasteiger partial charge in [-0.1, -0.05) is 32.9 Å². The second-order valence-electron chi connectivity index (χ2n) is 11.0. The Labute approximate surface area is 222 Å². The smallest absolute Gasteiger partial charge is 0.408 e. The minimum absolute atomic E-state index is 0.0140. The number of amides is 1. The minimum atomic E-state index is -3.43. The van der Waals surface area contributed by atoms with Crippen LogP contribution in [0.25, 0.3) is 0 Å². The average Bonchev–Trinajstić information content (AvgIpc) is 3.37. The van der Waals surface area contributed by atoms with Crippen molar-refractivity contribution in [3.05, 3.63) is 56.0 Å². The Kier molecular flexibility index (Phi) is 8.20. The van der Waals surface area contributed by atoms with Crippen molar-refractivity contribution in [3.8, 4) is 0 Å². The molecular formula is C23H34N4O7S2Si. The highest BCUT2D eigenvalue weighted by atomic mass is 32.2. The fraction of sp³-hybridized carbons (Fsp3) is 0.565. The molecule has 3 rings (SSSR count). The summed E-state index contributed by atoms with van der Waals surface area (Å²) in [5.74, 6) is 0. The van der Waals surface area contributed by atoms with Crippen molar-refractivity contribution in [1.82, 2.24) is 14.6 Å². The fourth-order valence-electron chi connectivity index (χ4n) is 4.19. The molecule has 1 saturated heterocycles. The molecule has 1 aromatic carbocycles. The zero-order chi connectivity index (χ0) is 27.8. The predicted octanol–water partition coefficient (Wildman–Crippen LogP) is 4.31. The van der Waals surface area contributed by atoms with Crippen LogP contribution in [0, 0.1) is 10.1 Å². The summed E-state index contributed by atoms with van der Waals surface area (Å²) in [5.41, 5.74) is 0.0634. The molecule has 0 unspecified atom stereocenters. The quantitative estimate of drug-likeness (QED) is 0.257. The van der Waals surface area contributed by atoms with Gasteiger partial charge in [-0.05, 0) is 23.7 Å². The number of rotatable bonds is 9. The molecule has 2 heterocycles. The number of non-ortho nitro benzene ring substituents is 1. The first-order valence-electron chi connectivity index (χ1n) is 11.7. The Bertz CT molecular complexity index is 1260. The summed E-state index contributed by atoms with van der Waals surface area (Å²) in [6.45, 7) is 10.7. The Morgan fingerprint density at radius 3 is 2.49 bits per heavy atom. The molecule has 0 saturated carbocycles. The number of thiazole rings is 1. The van der Waals surface area contributed by atoms with E-state index in [1.165, 1.54) is 28.4 Å². The van der Waals surface area contributed by atoms with Crippen LogP contribution in [0.2, 0.25) is 18.1 Å². The number of nitrogens with one attached hydrogen (secondary N) is 1. The predicted molar refractivity (Wildman–Crippen MR) is 144 cm³/mol. The third kappa shape index (κ3) is 6.73. The maximum Gasteiger partial charge on any atom is 0.408 e. The van der Waals surface area contributed by atoms with Crippen molar-refractivity contribution in [2.24, 2.45) is 0 Å². The van der Waals surface area contributed by atoms with Crippen LogP contribution in [0.15, 0.2) is 29.6 Å². The summed E-state index contributed by atoms with van der Waals surface area (Å²) in [6, 6.07) is 6.05. The highest BCUT2D eigenvalue weighted by molar-refractivity contribution is 7.88. The molecule has 1 aliphatic rings. The highest BCUT2D eigenvalue weighted by Gasteiger charge is 2.53. The van der Waals surface area contributed by atoms with E-state index in [9.17, 15) is 28.4 Å². The lowest BCUT2D eigenvalue weighted by atomic mass is 9.88. The van der Waals surface area contributed by atoms with Gasteiger partial charge in [-0.2, -0.15) is 0 Å². The number of carbonyl (C=O) groups is 1.